The minimum absolute atomic E-state index is 0.121. The average Bonchev–Trinajstić information content (AvgIpc) is 2.25. The molecule has 0 aliphatic carbocycles. The molecule has 0 bridgehead atoms. The first-order chi connectivity index (χ1) is 7.79. The number of hydrogen-bond donors (Lipinski definition) is 1. The summed E-state index contributed by atoms with van der Waals surface area (Å²) in [5.74, 6) is -0.121. The summed E-state index contributed by atoms with van der Waals surface area (Å²) in [6.07, 6.45) is 0. The molecule has 0 heterocycles. The molecular weight excluding hydrogens is 244 g/mol. The Kier molecular flexibility index (Phi) is 4.22. The number of amides is 1. The molecule has 0 saturated carbocycles. The summed E-state index contributed by atoms with van der Waals surface area (Å²) >= 11 is 0. The van der Waals surface area contributed by atoms with Crippen LogP contribution >= 0.6 is 0 Å². The van der Waals surface area contributed by atoms with Crippen molar-refractivity contribution in [3.8, 4) is 0 Å². The van der Waals surface area contributed by atoms with Crippen molar-refractivity contribution in [3.63, 3.8) is 0 Å². The molecule has 0 aliphatic rings. The summed E-state index contributed by atoms with van der Waals surface area (Å²) in [5, 5.41) is 4.69. The van der Waals surface area contributed by atoms with Gasteiger partial charge in [-0.15, -0.1) is 0 Å². The number of nitrogens with zero attached hydrogens (tertiary/aromatic N) is 1. The first-order valence-electron chi connectivity index (χ1n) is 4.77. The summed E-state index contributed by atoms with van der Waals surface area (Å²) in [5.41, 5.74) is 1.14. The van der Waals surface area contributed by atoms with Crippen LogP contribution in [0.1, 0.15) is 15.9 Å². The number of nitrogens with two attached hydrogens (primary N) is 1. The fourth-order valence-electron chi connectivity index (χ4n) is 1.15. The van der Waals surface area contributed by atoms with Crippen LogP contribution in [0, 0.1) is 0 Å². The molecule has 1 amide bonds. The Hall–Kier alpha value is -1.44. The van der Waals surface area contributed by atoms with Crippen molar-refractivity contribution in [2.45, 2.75) is 6.61 Å². The van der Waals surface area contributed by atoms with Gasteiger partial charge in [0, 0.05) is 19.7 Å². The minimum atomic E-state index is -3.94. The highest BCUT2D eigenvalue weighted by Gasteiger charge is 2.08. The lowest BCUT2D eigenvalue weighted by molar-refractivity contribution is 0.0827. The molecule has 1 aromatic carbocycles. The lowest BCUT2D eigenvalue weighted by atomic mass is 10.1. The number of rotatable bonds is 4. The van der Waals surface area contributed by atoms with Crippen molar-refractivity contribution < 1.29 is 17.4 Å². The molecule has 7 heteroatoms. The van der Waals surface area contributed by atoms with Crippen LogP contribution in [-0.2, 0) is 21.1 Å². The molecule has 1 aromatic rings. The van der Waals surface area contributed by atoms with Gasteiger partial charge in [-0.05, 0) is 17.7 Å². The van der Waals surface area contributed by atoms with Crippen molar-refractivity contribution in [2.75, 3.05) is 14.1 Å². The molecule has 2 N–H and O–H groups in total. The zero-order chi connectivity index (χ0) is 13.1. The van der Waals surface area contributed by atoms with Gasteiger partial charge in [-0.3, -0.25) is 8.98 Å². The van der Waals surface area contributed by atoms with Crippen LogP contribution in [0.3, 0.4) is 0 Å². The SMILES string of the molecule is CN(C)C(=O)c1ccc(COS(N)(=O)=O)cc1. The predicted molar refractivity (Wildman–Crippen MR) is 62.4 cm³/mol. The molecule has 0 spiro atoms. The van der Waals surface area contributed by atoms with Crippen LogP contribution in [0.5, 0.6) is 0 Å². The second-order valence-corrected chi connectivity index (χ2v) is 4.87. The normalized spacial score (nSPS) is 11.2. The van der Waals surface area contributed by atoms with Crippen LogP contribution < -0.4 is 5.14 Å². The van der Waals surface area contributed by atoms with Gasteiger partial charge in [0.05, 0.1) is 6.61 Å². The molecule has 0 saturated heterocycles. The van der Waals surface area contributed by atoms with Gasteiger partial charge in [-0.1, -0.05) is 12.1 Å². The highest BCUT2D eigenvalue weighted by Crippen LogP contribution is 2.08. The quantitative estimate of drug-likeness (QED) is 0.830. The third kappa shape index (κ3) is 4.51. The summed E-state index contributed by atoms with van der Waals surface area (Å²) < 4.78 is 25.5. The monoisotopic (exact) mass is 258 g/mol. The third-order valence-corrected chi connectivity index (χ3v) is 2.44. The van der Waals surface area contributed by atoms with Crippen molar-refractivity contribution in [1.29, 1.82) is 0 Å². The van der Waals surface area contributed by atoms with E-state index in [9.17, 15) is 13.2 Å². The molecule has 1 rings (SSSR count). The van der Waals surface area contributed by atoms with Crippen LogP contribution in [0.2, 0.25) is 0 Å². The van der Waals surface area contributed by atoms with Crippen molar-refractivity contribution in [1.82, 2.24) is 4.90 Å². The molecule has 0 atom stereocenters. The fourth-order valence-corrected chi connectivity index (χ4v) is 1.45. The van der Waals surface area contributed by atoms with Crippen LogP contribution in [0.4, 0.5) is 0 Å². The Bertz CT molecular complexity index is 494. The van der Waals surface area contributed by atoms with E-state index in [0.717, 1.165) is 0 Å². The lowest BCUT2D eigenvalue weighted by Crippen LogP contribution is -2.21. The molecule has 0 radical (unpaired) electrons. The number of carbonyl (C=O) groups excluding carboxylic acids is 1. The van der Waals surface area contributed by atoms with Crippen LogP contribution in [-0.4, -0.2) is 33.3 Å². The van der Waals surface area contributed by atoms with Gasteiger partial charge in [0.15, 0.2) is 0 Å². The smallest absolute Gasteiger partial charge is 0.333 e. The summed E-state index contributed by atoms with van der Waals surface area (Å²) in [7, 11) is -0.631. The second kappa shape index (κ2) is 5.26. The zero-order valence-electron chi connectivity index (χ0n) is 9.58. The predicted octanol–water partition coefficient (Wildman–Crippen LogP) is 0.108. The Balaban J connectivity index is 2.72. The molecule has 6 nitrogen and oxygen atoms in total. The summed E-state index contributed by atoms with van der Waals surface area (Å²) in [6.45, 7) is -0.144. The van der Waals surface area contributed by atoms with E-state index in [2.05, 4.69) is 4.18 Å². The maximum absolute atomic E-state index is 11.6. The van der Waals surface area contributed by atoms with E-state index < -0.39 is 10.3 Å². The van der Waals surface area contributed by atoms with Gasteiger partial charge in [0.2, 0.25) is 0 Å². The molecule has 0 aromatic heterocycles. The Morgan fingerprint density at radius 3 is 2.24 bits per heavy atom. The molecule has 17 heavy (non-hydrogen) atoms. The van der Waals surface area contributed by atoms with E-state index >= 15 is 0 Å². The second-order valence-electron chi connectivity index (χ2n) is 3.65. The van der Waals surface area contributed by atoms with Crippen molar-refractivity contribution >= 4 is 16.2 Å². The van der Waals surface area contributed by atoms with Crippen molar-refractivity contribution in [3.05, 3.63) is 35.4 Å². The van der Waals surface area contributed by atoms with Crippen molar-refractivity contribution in [2.24, 2.45) is 5.14 Å². The standard InChI is InChI=1S/C10H14N2O4S/c1-12(2)10(13)9-5-3-8(4-6-9)7-16-17(11,14)15/h3-6H,7H2,1-2H3,(H2,11,14,15). The van der Waals surface area contributed by atoms with E-state index in [0.29, 0.717) is 11.1 Å². The van der Waals surface area contributed by atoms with E-state index in [1.807, 2.05) is 0 Å². The highest BCUT2D eigenvalue weighted by atomic mass is 32.2. The van der Waals surface area contributed by atoms with Crippen LogP contribution in [0.25, 0.3) is 0 Å². The Morgan fingerprint density at radius 1 is 1.29 bits per heavy atom. The lowest BCUT2D eigenvalue weighted by Gasteiger charge is -2.10. The number of hydrogen-bond acceptors (Lipinski definition) is 4. The Morgan fingerprint density at radius 2 is 1.82 bits per heavy atom. The Labute approximate surface area is 100 Å². The van der Waals surface area contributed by atoms with E-state index in [4.69, 9.17) is 5.14 Å². The van der Waals surface area contributed by atoms with E-state index in [1.54, 1.807) is 38.4 Å². The maximum Gasteiger partial charge on any atom is 0.333 e. The van der Waals surface area contributed by atoms with Gasteiger partial charge >= 0.3 is 10.3 Å². The van der Waals surface area contributed by atoms with Crippen LogP contribution in [0.15, 0.2) is 24.3 Å². The number of benzene rings is 1. The molecule has 0 unspecified atom stereocenters. The molecule has 0 aliphatic heterocycles. The summed E-state index contributed by atoms with van der Waals surface area (Å²) in [4.78, 5) is 13.0. The largest absolute Gasteiger partial charge is 0.345 e. The number of carbonyl (C=O) groups is 1. The van der Waals surface area contributed by atoms with E-state index in [1.165, 1.54) is 4.90 Å². The summed E-state index contributed by atoms with van der Waals surface area (Å²) in [6, 6.07) is 6.43. The van der Waals surface area contributed by atoms with Gasteiger partial charge in [0.1, 0.15) is 0 Å². The first-order valence-corrected chi connectivity index (χ1v) is 6.24. The van der Waals surface area contributed by atoms with Gasteiger partial charge in [0.25, 0.3) is 5.91 Å². The highest BCUT2D eigenvalue weighted by molar-refractivity contribution is 7.84. The first kappa shape index (κ1) is 13.6. The topological polar surface area (TPSA) is 89.7 Å². The molecular formula is C10H14N2O4S. The maximum atomic E-state index is 11.6. The minimum Gasteiger partial charge on any atom is -0.345 e. The average molecular weight is 258 g/mol. The van der Waals surface area contributed by atoms with Gasteiger partial charge in [-0.2, -0.15) is 8.42 Å². The molecule has 94 valence electrons. The molecule has 0 fully saturated rings. The van der Waals surface area contributed by atoms with Gasteiger partial charge in [-0.25, -0.2) is 5.14 Å². The van der Waals surface area contributed by atoms with Gasteiger partial charge < -0.3 is 4.90 Å². The van der Waals surface area contributed by atoms with E-state index in [-0.39, 0.29) is 12.5 Å². The zero-order valence-corrected chi connectivity index (χ0v) is 10.4. The fraction of sp³-hybridized carbons (Fsp3) is 0.300. The third-order valence-electron chi connectivity index (χ3n) is 2.00.